The fourth-order valence-electron chi connectivity index (χ4n) is 2.26. The molecule has 21 heavy (non-hydrogen) atoms. The van der Waals surface area contributed by atoms with Crippen molar-refractivity contribution >= 4 is 10.0 Å². The van der Waals surface area contributed by atoms with E-state index in [4.69, 9.17) is 0 Å². The molecule has 0 aromatic carbocycles. The van der Waals surface area contributed by atoms with E-state index in [9.17, 15) is 18.3 Å². The SMILES string of the molecule is CN(C)S(=O)(=O)c1ccc(=O)n(CN2CCC(O)CC2)c1. The van der Waals surface area contributed by atoms with E-state index in [2.05, 4.69) is 0 Å². The number of aliphatic hydroxyl groups excluding tert-OH is 1. The quantitative estimate of drug-likeness (QED) is 0.811. The smallest absolute Gasteiger partial charge is 0.251 e. The Kier molecular flexibility index (Phi) is 4.82. The van der Waals surface area contributed by atoms with Gasteiger partial charge in [-0.1, -0.05) is 0 Å². The molecule has 1 aliphatic rings. The summed E-state index contributed by atoms with van der Waals surface area (Å²) in [6.07, 6.45) is 2.44. The Morgan fingerprint density at radius 2 is 1.90 bits per heavy atom. The van der Waals surface area contributed by atoms with Gasteiger partial charge in [-0.05, 0) is 18.9 Å². The monoisotopic (exact) mass is 315 g/mol. The highest BCUT2D eigenvalue weighted by Gasteiger charge is 2.20. The van der Waals surface area contributed by atoms with Gasteiger partial charge in [0.2, 0.25) is 10.0 Å². The summed E-state index contributed by atoms with van der Waals surface area (Å²) in [7, 11) is -0.640. The van der Waals surface area contributed by atoms with Gasteiger partial charge in [0, 0.05) is 39.4 Å². The van der Waals surface area contributed by atoms with Gasteiger partial charge in [0.1, 0.15) is 0 Å². The van der Waals surface area contributed by atoms with Crippen LogP contribution >= 0.6 is 0 Å². The van der Waals surface area contributed by atoms with Crippen LogP contribution < -0.4 is 5.56 Å². The molecule has 1 saturated heterocycles. The van der Waals surface area contributed by atoms with Crippen molar-refractivity contribution in [1.82, 2.24) is 13.8 Å². The van der Waals surface area contributed by atoms with E-state index in [-0.39, 0.29) is 16.6 Å². The maximum atomic E-state index is 12.1. The number of piperidine rings is 1. The second-order valence-corrected chi connectivity index (χ2v) is 7.60. The Morgan fingerprint density at radius 3 is 2.48 bits per heavy atom. The molecule has 1 aliphatic heterocycles. The predicted octanol–water partition coefficient (Wildman–Crippen LogP) is -0.487. The molecule has 1 aromatic rings. The van der Waals surface area contributed by atoms with Gasteiger partial charge < -0.3 is 9.67 Å². The van der Waals surface area contributed by atoms with Gasteiger partial charge in [-0.2, -0.15) is 0 Å². The van der Waals surface area contributed by atoms with E-state index in [1.165, 1.54) is 37.0 Å². The van der Waals surface area contributed by atoms with Gasteiger partial charge in [-0.25, -0.2) is 12.7 Å². The third-order valence-corrected chi connectivity index (χ3v) is 5.44. The zero-order valence-electron chi connectivity index (χ0n) is 12.3. The predicted molar refractivity (Wildman–Crippen MR) is 78.4 cm³/mol. The number of aliphatic hydroxyl groups is 1. The second kappa shape index (κ2) is 6.27. The number of sulfonamides is 1. The minimum Gasteiger partial charge on any atom is -0.393 e. The van der Waals surface area contributed by atoms with Crippen LogP contribution in [0.5, 0.6) is 0 Å². The molecule has 0 bridgehead atoms. The van der Waals surface area contributed by atoms with E-state index in [0.717, 1.165) is 4.31 Å². The first kappa shape index (κ1) is 16.2. The first-order chi connectivity index (χ1) is 9.80. The Morgan fingerprint density at radius 1 is 1.29 bits per heavy atom. The highest BCUT2D eigenvalue weighted by atomic mass is 32.2. The summed E-state index contributed by atoms with van der Waals surface area (Å²) in [4.78, 5) is 14.0. The van der Waals surface area contributed by atoms with Crippen LogP contribution in [0.4, 0.5) is 0 Å². The van der Waals surface area contributed by atoms with Gasteiger partial charge in [0.25, 0.3) is 5.56 Å². The fourth-order valence-corrected chi connectivity index (χ4v) is 3.18. The lowest BCUT2D eigenvalue weighted by Gasteiger charge is -2.29. The molecular formula is C13H21N3O4S. The average molecular weight is 315 g/mol. The topological polar surface area (TPSA) is 82.9 Å². The largest absolute Gasteiger partial charge is 0.393 e. The number of hydrogen-bond acceptors (Lipinski definition) is 5. The summed E-state index contributed by atoms with van der Waals surface area (Å²) < 4.78 is 26.7. The summed E-state index contributed by atoms with van der Waals surface area (Å²) in [5, 5.41) is 9.48. The molecule has 0 radical (unpaired) electrons. The zero-order valence-corrected chi connectivity index (χ0v) is 13.1. The minimum absolute atomic E-state index is 0.101. The minimum atomic E-state index is -3.55. The van der Waals surface area contributed by atoms with Crippen molar-refractivity contribution in [2.45, 2.75) is 30.5 Å². The maximum Gasteiger partial charge on any atom is 0.251 e. The third kappa shape index (κ3) is 3.70. The van der Waals surface area contributed by atoms with Crippen molar-refractivity contribution in [2.24, 2.45) is 0 Å². The molecule has 0 unspecified atom stereocenters. The molecule has 0 aliphatic carbocycles. The third-order valence-electron chi connectivity index (χ3n) is 3.64. The lowest BCUT2D eigenvalue weighted by molar-refractivity contribution is 0.0671. The van der Waals surface area contributed by atoms with Crippen molar-refractivity contribution in [3.05, 3.63) is 28.7 Å². The normalized spacial score (nSPS) is 18.3. The molecule has 2 heterocycles. The van der Waals surface area contributed by atoms with E-state index in [0.29, 0.717) is 32.6 Å². The molecule has 7 nitrogen and oxygen atoms in total. The highest BCUT2D eigenvalue weighted by molar-refractivity contribution is 7.89. The van der Waals surface area contributed by atoms with Gasteiger partial charge in [-0.15, -0.1) is 0 Å². The molecular weight excluding hydrogens is 294 g/mol. The highest BCUT2D eigenvalue weighted by Crippen LogP contribution is 2.13. The summed E-state index contributed by atoms with van der Waals surface area (Å²) >= 11 is 0. The molecule has 0 spiro atoms. The van der Waals surface area contributed by atoms with E-state index in [1.54, 1.807) is 0 Å². The summed E-state index contributed by atoms with van der Waals surface area (Å²) in [6, 6.07) is 2.60. The van der Waals surface area contributed by atoms with Gasteiger partial charge in [0.05, 0.1) is 17.7 Å². The van der Waals surface area contributed by atoms with Crippen LogP contribution in [0.3, 0.4) is 0 Å². The molecule has 0 atom stereocenters. The lowest BCUT2D eigenvalue weighted by Crippen LogP contribution is -2.39. The first-order valence-corrected chi connectivity index (χ1v) is 8.28. The molecule has 2 rings (SSSR count). The lowest BCUT2D eigenvalue weighted by atomic mass is 10.1. The van der Waals surface area contributed by atoms with Crippen LogP contribution in [-0.4, -0.2) is 60.6 Å². The molecule has 8 heteroatoms. The maximum absolute atomic E-state index is 12.1. The summed E-state index contributed by atoms with van der Waals surface area (Å²) in [5.74, 6) is 0. The molecule has 1 aromatic heterocycles. The van der Waals surface area contributed by atoms with E-state index >= 15 is 0 Å². The molecule has 0 amide bonds. The number of rotatable bonds is 4. The Bertz CT molecular complexity index is 646. The van der Waals surface area contributed by atoms with Crippen LogP contribution in [0.2, 0.25) is 0 Å². The fraction of sp³-hybridized carbons (Fsp3) is 0.615. The number of pyridine rings is 1. The number of likely N-dealkylation sites (tertiary alicyclic amines) is 1. The Labute approximate surface area is 124 Å². The summed E-state index contributed by atoms with van der Waals surface area (Å²) in [6.45, 7) is 1.72. The average Bonchev–Trinajstić information content (AvgIpc) is 2.43. The Balaban J connectivity index is 2.22. The molecule has 1 fully saturated rings. The number of nitrogens with zero attached hydrogens (tertiary/aromatic N) is 3. The standard InChI is InChI=1S/C13H21N3O4S/c1-14(2)21(19,20)12-3-4-13(18)16(9-12)10-15-7-5-11(17)6-8-15/h3-4,9,11,17H,5-8,10H2,1-2H3. The second-order valence-electron chi connectivity index (χ2n) is 5.45. The van der Waals surface area contributed by atoms with Crippen molar-refractivity contribution in [3.8, 4) is 0 Å². The van der Waals surface area contributed by atoms with E-state index < -0.39 is 10.0 Å². The van der Waals surface area contributed by atoms with Gasteiger partial charge in [0.15, 0.2) is 0 Å². The van der Waals surface area contributed by atoms with Crippen LogP contribution in [0.15, 0.2) is 28.0 Å². The van der Waals surface area contributed by atoms with E-state index in [1.807, 2.05) is 4.90 Å². The van der Waals surface area contributed by atoms with Crippen molar-refractivity contribution in [3.63, 3.8) is 0 Å². The van der Waals surface area contributed by atoms with Crippen molar-refractivity contribution in [2.75, 3.05) is 27.2 Å². The number of aromatic nitrogens is 1. The summed E-state index contributed by atoms with van der Waals surface area (Å²) in [5.41, 5.74) is -0.237. The van der Waals surface area contributed by atoms with Crippen LogP contribution in [0, 0.1) is 0 Å². The van der Waals surface area contributed by atoms with Crippen LogP contribution in [0.25, 0.3) is 0 Å². The van der Waals surface area contributed by atoms with Gasteiger partial charge >= 0.3 is 0 Å². The Hall–Kier alpha value is -1.22. The zero-order chi connectivity index (χ0) is 15.6. The van der Waals surface area contributed by atoms with Crippen LogP contribution in [0.1, 0.15) is 12.8 Å². The first-order valence-electron chi connectivity index (χ1n) is 6.84. The van der Waals surface area contributed by atoms with Crippen molar-refractivity contribution < 1.29 is 13.5 Å². The van der Waals surface area contributed by atoms with Crippen LogP contribution in [-0.2, 0) is 16.7 Å². The van der Waals surface area contributed by atoms with Crippen molar-refractivity contribution in [1.29, 1.82) is 0 Å². The molecule has 118 valence electrons. The number of hydrogen-bond donors (Lipinski definition) is 1. The van der Waals surface area contributed by atoms with Gasteiger partial charge in [-0.3, -0.25) is 9.69 Å². The molecule has 0 saturated carbocycles. The molecule has 1 N–H and O–H groups in total.